The Morgan fingerprint density at radius 1 is 1.13 bits per heavy atom. The number of pyridine rings is 2. The number of fused-ring (bicyclic) bond motifs is 2. The number of nitrogens with zero attached hydrogens (tertiary/aromatic N) is 2. The van der Waals surface area contributed by atoms with Crippen molar-refractivity contribution in [2.24, 2.45) is 11.7 Å². The minimum Gasteiger partial charge on any atom is -0.489 e. The van der Waals surface area contributed by atoms with Crippen molar-refractivity contribution in [3.8, 4) is 17.0 Å². The second-order valence-corrected chi connectivity index (χ2v) is 11.7. The molecule has 1 fully saturated rings. The van der Waals surface area contributed by atoms with Gasteiger partial charge in [0.1, 0.15) is 29.3 Å². The first-order valence-corrected chi connectivity index (χ1v) is 14.4. The van der Waals surface area contributed by atoms with Gasteiger partial charge in [-0.1, -0.05) is 6.07 Å². The molecule has 4 aromatic rings. The lowest BCUT2D eigenvalue weighted by molar-refractivity contribution is -0.265. The molecular weight excluding hydrogens is 624 g/mol. The number of ether oxygens (including phenoxy) is 1. The number of nitrogens with two attached hydrogens (primary N) is 1. The van der Waals surface area contributed by atoms with Crippen molar-refractivity contribution in [1.29, 1.82) is 0 Å². The fourth-order valence-corrected chi connectivity index (χ4v) is 5.38. The molecule has 0 spiro atoms. The van der Waals surface area contributed by atoms with E-state index in [4.69, 9.17) is 10.5 Å². The SMILES string of the molecule is C[C@]1(C(N)=O)COc2c1cc([C@@](O)(CNC(=O)c1cc(NC(=O)C3CNC3)c3ncccc3c1)C(F)(F)F)nc2-c1ccc(F)cc1. The highest BCUT2D eigenvalue weighted by Gasteiger charge is 2.57. The van der Waals surface area contributed by atoms with Crippen molar-refractivity contribution in [1.82, 2.24) is 20.6 Å². The summed E-state index contributed by atoms with van der Waals surface area (Å²) in [6.45, 7) is 0.611. The summed E-state index contributed by atoms with van der Waals surface area (Å²) in [5.41, 5.74) is -0.383. The Balaban J connectivity index is 1.38. The average Bonchev–Trinajstić information content (AvgIpc) is 3.36. The molecule has 0 unspecified atom stereocenters. The molecule has 6 rings (SSSR count). The number of carbonyl (C=O) groups is 3. The van der Waals surface area contributed by atoms with Gasteiger partial charge in [-0.05, 0) is 55.5 Å². The van der Waals surface area contributed by atoms with Crippen LogP contribution < -0.4 is 26.4 Å². The van der Waals surface area contributed by atoms with Crippen LogP contribution >= 0.6 is 0 Å². The molecule has 47 heavy (non-hydrogen) atoms. The lowest BCUT2D eigenvalue weighted by Crippen LogP contribution is -2.51. The summed E-state index contributed by atoms with van der Waals surface area (Å²) in [5, 5.41) is 19.6. The van der Waals surface area contributed by atoms with Crippen LogP contribution in [0, 0.1) is 11.7 Å². The van der Waals surface area contributed by atoms with E-state index in [0.717, 1.165) is 18.2 Å². The number of alkyl halides is 3. The van der Waals surface area contributed by atoms with Crippen molar-refractivity contribution in [3.63, 3.8) is 0 Å². The Bertz CT molecular complexity index is 1920. The van der Waals surface area contributed by atoms with Gasteiger partial charge in [0.2, 0.25) is 17.4 Å². The molecule has 11 nitrogen and oxygen atoms in total. The third-order valence-electron chi connectivity index (χ3n) is 8.51. The van der Waals surface area contributed by atoms with E-state index in [9.17, 15) is 37.1 Å². The number of nitrogens with one attached hydrogen (secondary N) is 3. The van der Waals surface area contributed by atoms with E-state index in [1.807, 2.05) is 0 Å². The first-order chi connectivity index (χ1) is 22.2. The van der Waals surface area contributed by atoms with Gasteiger partial charge in [0.25, 0.3) is 5.91 Å². The van der Waals surface area contributed by atoms with Gasteiger partial charge >= 0.3 is 6.18 Å². The van der Waals surface area contributed by atoms with Gasteiger partial charge in [0.15, 0.2) is 0 Å². The minimum absolute atomic E-state index is 0.0488. The molecule has 0 saturated carbocycles. The molecular formula is C32H28F4N6O5. The molecule has 2 aliphatic heterocycles. The van der Waals surface area contributed by atoms with Crippen LogP contribution in [0.2, 0.25) is 0 Å². The summed E-state index contributed by atoms with van der Waals surface area (Å²) < 4.78 is 63.7. The Morgan fingerprint density at radius 3 is 2.49 bits per heavy atom. The maximum absolute atomic E-state index is 14.8. The van der Waals surface area contributed by atoms with E-state index in [1.54, 1.807) is 12.1 Å². The van der Waals surface area contributed by atoms with Crippen LogP contribution in [0.3, 0.4) is 0 Å². The van der Waals surface area contributed by atoms with Gasteiger partial charge in [-0.3, -0.25) is 19.4 Å². The third kappa shape index (κ3) is 5.61. The predicted molar refractivity (Wildman–Crippen MR) is 161 cm³/mol. The van der Waals surface area contributed by atoms with Crippen LogP contribution in [0.25, 0.3) is 22.2 Å². The number of hydrogen-bond acceptors (Lipinski definition) is 8. The molecule has 15 heteroatoms. The molecule has 2 aromatic carbocycles. The van der Waals surface area contributed by atoms with Crippen LogP contribution in [0.4, 0.5) is 23.2 Å². The monoisotopic (exact) mass is 652 g/mol. The van der Waals surface area contributed by atoms with Crippen molar-refractivity contribution in [2.75, 3.05) is 31.6 Å². The van der Waals surface area contributed by atoms with Crippen LogP contribution in [-0.4, -0.2) is 65.2 Å². The van der Waals surface area contributed by atoms with Gasteiger partial charge in [-0.25, -0.2) is 9.37 Å². The number of aromatic nitrogens is 2. The Morgan fingerprint density at radius 2 is 1.85 bits per heavy atom. The molecule has 1 saturated heterocycles. The number of primary amides is 1. The fourth-order valence-electron chi connectivity index (χ4n) is 5.38. The first-order valence-electron chi connectivity index (χ1n) is 14.4. The normalized spacial score (nSPS) is 18.9. The molecule has 244 valence electrons. The lowest BCUT2D eigenvalue weighted by Gasteiger charge is -2.31. The highest BCUT2D eigenvalue weighted by Crippen LogP contribution is 2.47. The van der Waals surface area contributed by atoms with Gasteiger partial charge in [0, 0.05) is 41.4 Å². The summed E-state index contributed by atoms with van der Waals surface area (Å²) in [7, 11) is 0. The quantitative estimate of drug-likeness (QED) is 0.181. The van der Waals surface area contributed by atoms with E-state index >= 15 is 0 Å². The van der Waals surface area contributed by atoms with Crippen LogP contribution in [-0.2, 0) is 20.6 Å². The molecule has 2 atom stereocenters. The fraction of sp³-hybridized carbons (Fsp3) is 0.281. The first kappa shape index (κ1) is 31.8. The summed E-state index contributed by atoms with van der Waals surface area (Å²) in [4.78, 5) is 46.8. The van der Waals surface area contributed by atoms with E-state index in [1.165, 1.54) is 37.4 Å². The number of anilines is 1. The van der Waals surface area contributed by atoms with Crippen LogP contribution in [0.5, 0.6) is 5.75 Å². The summed E-state index contributed by atoms with van der Waals surface area (Å²) >= 11 is 0. The number of aliphatic hydroxyl groups is 1. The van der Waals surface area contributed by atoms with Crippen molar-refractivity contribution < 1.29 is 41.8 Å². The molecule has 0 bridgehead atoms. The summed E-state index contributed by atoms with van der Waals surface area (Å²) in [5.74, 6) is -3.17. The topological polar surface area (TPSA) is 169 Å². The van der Waals surface area contributed by atoms with Crippen molar-refractivity contribution in [2.45, 2.75) is 24.1 Å². The molecule has 6 N–H and O–H groups in total. The Labute approximate surface area is 264 Å². The maximum atomic E-state index is 14.8. The van der Waals surface area contributed by atoms with Gasteiger partial charge in [-0.15, -0.1) is 0 Å². The standard InChI is InChI=1S/C32H28F4N6O5/c1-30(29(37)45)15-47-26-21(30)11-23(42-25(26)16-4-6-20(33)7-5-16)31(46,32(34,35)36)14-40-27(43)18-9-17-3-2-8-39-24(17)22(10-18)41-28(44)19-12-38-13-19/h2-11,19,38,46H,12-15H2,1H3,(H2,37,45)(H,40,43)(H,41,44)/t30-,31-/m0/s1. The van der Waals surface area contributed by atoms with Gasteiger partial charge in [0.05, 0.1) is 29.4 Å². The van der Waals surface area contributed by atoms with E-state index in [-0.39, 0.29) is 52.3 Å². The zero-order chi connectivity index (χ0) is 33.7. The molecule has 0 aliphatic carbocycles. The van der Waals surface area contributed by atoms with Crippen LogP contribution in [0.1, 0.15) is 28.5 Å². The van der Waals surface area contributed by atoms with E-state index < -0.39 is 47.1 Å². The minimum atomic E-state index is -5.40. The van der Waals surface area contributed by atoms with E-state index in [2.05, 4.69) is 25.9 Å². The number of carbonyl (C=O) groups excluding carboxylic acids is 3. The largest absolute Gasteiger partial charge is 0.489 e. The molecule has 2 aromatic heterocycles. The second-order valence-electron chi connectivity index (χ2n) is 11.7. The van der Waals surface area contributed by atoms with Gasteiger partial charge < -0.3 is 31.5 Å². The summed E-state index contributed by atoms with van der Waals surface area (Å²) in [6.07, 6.45) is -3.91. The molecule has 0 radical (unpaired) electrons. The van der Waals surface area contributed by atoms with Crippen molar-refractivity contribution >= 4 is 34.3 Å². The molecule has 3 amide bonds. The summed E-state index contributed by atoms with van der Waals surface area (Å²) in [6, 6.07) is 11.4. The molecule has 2 aliphatic rings. The number of hydrogen-bond donors (Lipinski definition) is 5. The smallest absolute Gasteiger partial charge is 0.424 e. The average molecular weight is 653 g/mol. The maximum Gasteiger partial charge on any atom is 0.424 e. The number of benzene rings is 2. The number of rotatable bonds is 8. The zero-order valence-corrected chi connectivity index (χ0v) is 24.7. The van der Waals surface area contributed by atoms with E-state index in [0.29, 0.717) is 24.0 Å². The predicted octanol–water partition coefficient (Wildman–Crippen LogP) is 2.91. The lowest BCUT2D eigenvalue weighted by atomic mass is 9.81. The highest BCUT2D eigenvalue weighted by molar-refractivity contribution is 6.06. The van der Waals surface area contributed by atoms with Crippen LogP contribution in [0.15, 0.2) is 60.8 Å². The third-order valence-corrected chi connectivity index (χ3v) is 8.51. The Kier molecular flexibility index (Phi) is 7.84. The van der Waals surface area contributed by atoms with Crippen molar-refractivity contribution in [3.05, 3.63) is 83.4 Å². The second kappa shape index (κ2) is 11.6. The zero-order valence-electron chi connectivity index (χ0n) is 24.7. The number of amides is 3. The van der Waals surface area contributed by atoms with Gasteiger partial charge in [-0.2, -0.15) is 13.2 Å². The molecule has 4 heterocycles. The number of halogens is 4. The highest BCUT2D eigenvalue weighted by atomic mass is 19.4. The Hall–Kier alpha value is -5.15.